The van der Waals surface area contributed by atoms with Crippen LogP contribution in [0.5, 0.6) is 5.75 Å². The molecule has 1 aromatic carbocycles. The fourth-order valence-electron chi connectivity index (χ4n) is 2.37. The topological polar surface area (TPSA) is 67.5 Å². The molecule has 0 saturated heterocycles. The number of methoxy groups -OCH3 is 1. The number of aliphatic hydroxyl groups excluding tert-OH is 1. The van der Waals surface area contributed by atoms with Crippen LogP contribution in [0.15, 0.2) is 12.1 Å². The van der Waals surface area contributed by atoms with Gasteiger partial charge in [-0.05, 0) is 48.7 Å². The lowest BCUT2D eigenvalue weighted by Crippen LogP contribution is -2.35. The fraction of sp³-hybridized carbons (Fsp3) is 0.600. The molecule has 0 aliphatic carbocycles. The molecule has 0 saturated carbocycles. The summed E-state index contributed by atoms with van der Waals surface area (Å²) in [6.07, 6.45) is -0.600. The Morgan fingerprint density at radius 1 is 1.32 bits per heavy atom. The van der Waals surface area contributed by atoms with Gasteiger partial charge in [-0.3, -0.25) is 0 Å². The maximum atomic E-state index is 10.0. The molecule has 0 aliphatic heterocycles. The molecule has 108 valence electrons. The van der Waals surface area contributed by atoms with Crippen molar-refractivity contribution >= 4 is 0 Å². The second-order valence-electron chi connectivity index (χ2n) is 5.17. The molecule has 1 aromatic rings. The van der Waals surface area contributed by atoms with Crippen LogP contribution in [0.25, 0.3) is 0 Å². The smallest absolute Gasteiger partial charge is 0.122 e. The number of aryl methyl sites for hydroxylation is 1. The van der Waals surface area contributed by atoms with E-state index in [1.54, 1.807) is 7.11 Å². The van der Waals surface area contributed by atoms with Crippen LogP contribution in [0.3, 0.4) is 0 Å². The van der Waals surface area contributed by atoms with Crippen LogP contribution < -0.4 is 15.8 Å². The van der Waals surface area contributed by atoms with Crippen LogP contribution in [0.1, 0.15) is 42.5 Å². The molecule has 0 aromatic heterocycles. The Hall–Kier alpha value is -1.10. The van der Waals surface area contributed by atoms with Crippen LogP contribution >= 0.6 is 0 Å². The molecule has 0 bridgehead atoms. The minimum atomic E-state index is -0.600. The highest BCUT2D eigenvalue weighted by molar-refractivity contribution is 5.45. The van der Waals surface area contributed by atoms with E-state index in [2.05, 4.69) is 25.2 Å². The minimum absolute atomic E-state index is 0.159. The third-order valence-electron chi connectivity index (χ3n) is 3.51. The number of benzene rings is 1. The predicted octanol–water partition coefficient (Wildman–Crippen LogP) is 1.71. The van der Waals surface area contributed by atoms with Crippen molar-refractivity contribution in [2.24, 2.45) is 5.73 Å². The first-order valence-electron chi connectivity index (χ1n) is 6.70. The van der Waals surface area contributed by atoms with Crippen molar-refractivity contribution in [3.05, 3.63) is 28.8 Å². The second-order valence-corrected chi connectivity index (χ2v) is 5.17. The number of ether oxygens (including phenoxy) is 1. The summed E-state index contributed by atoms with van der Waals surface area (Å²) in [6, 6.07) is 3.98. The van der Waals surface area contributed by atoms with Crippen molar-refractivity contribution in [1.29, 1.82) is 0 Å². The van der Waals surface area contributed by atoms with Gasteiger partial charge >= 0.3 is 0 Å². The molecule has 4 N–H and O–H groups in total. The number of nitrogens with one attached hydrogen (secondary N) is 1. The summed E-state index contributed by atoms with van der Waals surface area (Å²) in [5.41, 5.74) is 8.89. The van der Waals surface area contributed by atoms with E-state index in [9.17, 15) is 5.11 Å². The van der Waals surface area contributed by atoms with Gasteiger partial charge in [0, 0.05) is 6.54 Å². The van der Waals surface area contributed by atoms with Crippen molar-refractivity contribution in [3.63, 3.8) is 0 Å². The monoisotopic (exact) mass is 266 g/mol. The quantitative estimate of drug-likeness (QED) is 0.733. The first-order valence-corrected chi connectivity index (χ1v) is 6.70. The SMILES string of the molecule is CNC(c1cc(C(C)C)c(OC)cc1C)C(O)CN. The highest BCUT2D eigenvalue weighted by atomic mass is 16.5. The fourth-order valence-corrected chi connectivity index (χ4v) is 2.37. The van der Waals surface area contributed by atoms with Gasteiger partial charge in [-0.2, -0.15) is 0 Å². The van der Waals surface area contributed by atoms with E-state index in [4.69, 9.17) is 10.5 Å². The Balaban J connectivity index is 3.30. The van der Waals surface area contributed by atoms with E-state index in [0.717, 1.165) is 22.4 Å². The van der Waals surface area contributed by atoms with E-state index < -0.39 is 6.10 Å². The van der Waals surface area contributed by atoms with Gasteiger partial charge in [0.2, 0.25) is 0 Å². The summed E-state index contributed by atoms with van der Waals surface area (Å²) < 4.78 is 5.44. The molecule has 0 aliphatic rings. The molecule has 4 heteroatoms. The predicted molar refractivity (Wildman–Crippen MR) is 78.7 cm³/mol. The van der Waals surface area contributed by atoms with E-state index in [-0.39, 0.29) is 12.6 Å². The zero-order chi connectivity index (χ0) is 14.6. The average molecular weight is 266 g/mol. The van der Waals surface area contributed by atoms with Crippen molar-refractivity contribution in [2.75, 3.05) is 20.7 Å². The lowest BCUT2D eigenvalue weighted by Gasteiger charge is -2.25. The number of hydrogen-bond acceptors (Lipinski definition) is 4. The van der Waals surface area contributed by atoms with Gasteiger partial charge in [-0.15, -0.1) is 0 Å². The highest BCUT2D eigenvalue weighted by Crippen LogP contribution is 2.32. The zero-order valence-corrected chi connectivity index (χ0v) is 12.5. The summed E-state index contributed by atoms with van der Waals surface area (Å²) in [5.74, 6) is 1.26. The van der Waals surface area contributed by atoms with E-state index in [1.165, 1.54) is 0 Å². The highest BCUT2D eigenvalue weighted by Gasteiger charge is 2.22. The summed E-state index contributed by atoms with van der Waals surface area (Å²) in [5, 5.41) is 13.2. The Morgan fingerprint density at radius 3 is 2.37 bits per heavy atom. The molecule has 0 spiro atoms. The van der Waals surface area contributed by atoms with Crippen LogP contribution in [0, 0.1) is 6.92 Å². The molecule has 1 rings (SSSR count). The summed E-state index contributed by atoms with van der Waals surface area (Å²) >= 11 is 0. The first-order chi connectivity index (χ1) is 8.96. The average Bonchev–Trinajstić information content (AvgIpc) is 2.40. The second kappa shape index (κ2) is 6.89. The molecule has 0 radical (unpaired) electrons. The summed E-state index contributed by atoms with van der Waals surface area (Å²) in [4.78, 5) is 0. The third-order valence-corrected chi connectivity index (χ3v) is 3.51. The van der Waals surface area contributed by atoms with Crippen LogP contribution in [-0.2, 0) is 0 Å². The first kappa shape index (κ1) is 16.0. The van der Waals surface area contributed by atoms with Crippen molar-refractivity contribution in [2.45, 2.75) is 38.8 Å². The Labute approximate surface area is 116 Å². The number of rotatable bonds is 6. The minimum Gasteiger partial charge on any atom is -0.496 e. The van der Waals surface area contributed by atoms with Crippen molar-refractivity contribution in [1.82, 2.24) is 5.32 Å². The van der Waals surface area contributed by atoms with E-state index in [1.807, 2.05) is 20.0 Å². The Morgan fingerprint density at radius 2 is 1.95 bits per heavy atom. The molecule has 0 amide bonds. The molecular weight excluding hydrogens is 240 g/mol. The van der Waals surface area contributed by atoms with Gasteiger partial charge in [-0.1, -0.05) is 13.8 Å². The van der Waals surface area contributed by atoms with Crippen LogP contribution in [0.2, 0.25) is 0 Å². The lowest BCUT2D eigenvalue weighted by molar-refractivity contribution is 0.138. The molecule has 0 fully saturated rings. The number of hydrogen-bond donors (Lipinski definition) is 3. The largest absolute Gasteiger partial charge is 0.496 e. The van der Waals surface area contributed by atoms with Gasteiger partial charge < -0.3 is 20.9 Å². The molecule has 2 unspecified atom stereocenters. The normalized spacial score (nSPS) is 14.5. The molecule has 0 heterocycles. The molecular formula is C15H26N2O2. The lowest BCUT2D eigenvalue weighted by atomic mass is 9.91. The Kier molecular flexibility index (Phi) is 5.79. The Bertz CT molecular complexity index is 419. The standard InChI is InChI=1S/C15H26N2O2/c1-9(2)11-7-12(10(3)6-14(11)19-5)15(17-4)13(18)8-16/h6-7,9,13,15,17-18H,8,16H2,1-5H3. The summed E-state index contributed by atoms with van der Waals surface area (Å²) in [6.45, 7) is 6.51. The number of likely N-dealkylation sites (N-methyl/N-ethyl adjacent to an activating group) is 1. The van der Waals surface area contributed by atoms with E-state index in [0.29, 0.717) is 5.92 Å². The zero-order valence-electron chi connectivity index (χ0n) is 12.5. The maximum absolute atomic E-state index is 10.0. The van der Waals surface area contributed by atoms with Gasteiger partial charge in [0.15, 0.2) is 0 Å². The van der Waals surface area contributed by atoms with E-state index >= 15 is 0 Å². The molecule has 2 atom stereocenters. The summed E-state index contributed by atoms with van der Waals surface area (Å²) in [7, 11) is 3.52. The van der Waals surface area contributed by atoms with Gasteiger partial charge in [-0.25, -0.2) is 0 Å². The molecule has 19 heavy (non-hydrogen) atoms. The van der Waals surface area contributed by atoms with Crippen LogP contribution in [-0.4, -0.2) is 31.9 Å². The maximum Gasteiger partial charge on any atom is 0.122 e. The van der Waals surface area contributed by atoms with Gasteiger partial charge in [0.05, 0.1) is 19.3 Å². The van der Waals surface area contributed by atoms with Crippen LogP contribution in [0.4, 0.5) is 0 Å². The van der Waals surface area contributed by atoms with Crippen molar-refractivity contribution < 1.29 is 9.84 Å². The third kappa shape index (κ3) is 3.47. The van der Waals surface area contributed by atoms with Gasteiger partial charge in [0.25, 0.3) is 0 Å². The number of aliphatic hydroxyl groups is 1. The number of nitrogens with two attached hydrogens (primary N) is 1. The van der Waals surface area contributed by atoms with Gasteiger partial charge in [0.1, 0.15) is 5.75 Å². The molecule has 4 nitrogen and oxygen atoms in total. The van der Waals surface area contributed by atoms with Crippen molar-refractivity contribution in [3.8, 4) is 5.75 Å².